The standard InChI is InChI=1S/C21H39N9O6/c22-8-2-1-5-14(20(35)36)29-19(34)15(11-16(23)31)30-18(33)13(7-4-10-27-21(24)25)28-17(32)12-6-3-9-26-12/h12-15,26H,1-11,22H2,(H2,23,31)(H,28,32)(H,29,34)(H,30,33)(H,35,36)(H4,24,25,27)/t12-,13-,14-,15-/m0/s1. The fourth-order valence-electron chi connectivity index (χ4n) is 3.66. The van der Waals surface area contributed by atoms with Crippen molar-refractivity contribution in [1.82, 2.24) is 21.3 Å². The Morgan fingerprint density at radius 3 is 2.11 bits per heavy atom. The minimum Gasteiger partial charge on any atom is -0.480 e. The van der Waals surface area contributed by atoms with Crippen LogP contribution in [0.15, 0.2) is 4.99 Å². The molecule has 1 aliphatic rings. The molecule has 1 saturated heterocycles. The average Bonchev–Trinajstić information content (AvgIpc) is 3.34. The zero-order valence-corrected chi connectivity index (χ0v) is 20.3. The van der Waals surface area contributed by atoms with Crippen LogP contribution in [0.5, 0.6) is 0 Å². The molecule has 0 aliphatic carbocycles. The summed E-state index contributed by atoms with van der Waals surface area (Å²) in [5.41, 5.74) is 21.3. The van der Waals surface area contributed by atoms with Gasteiger partial charge in [-0.15, -0.1) is 0 Å². The molecular formula is C21H39N9O6. The van der Waals surface area contributed by atoms with Gasteiger partial charge in [-0.3, -0.25) is 24.2 Å². The predicted molar refractivity (Wildman–Crippen MR) is 131 cm³/mol. The van der Waals surface area contributed by atoms with E-state index in [0.29, 0.717) is 38.8 Å². The van der Waals surface area contributed by atoms with E-state index in [4.69, 9.17) is 22.9 Å². The van der Waals surface area contributed by atoms with Crippen LogP contribution in [0, 0.1) is 0 Å². The second-order valence-corrected chi connectivity index (χ2v) is 8.57. The number of carbonyl (C=O) groups excluding carboxylic acids is 4. The number of carbonyl (C=O) groups is 5. The van der Waals surface area contributed by atoms with Gasteiger partial charge in [-0.05, 0) is 58.0 Å². The molecule has 0 aromatic carbocycles. The van der Waals surface area contributed by atoms with Gasteiger partial charge in [-0.2, -0.15) is 0 Å². The minimum atomic E-state index is -1.44. The Kier molecular flexibility index (Phi) is 13.8. The first kappa shape index (κ1) is 30.6. The topological polar surface area (TPSA) is 270 Å². The van der Waals surface area contributed by atoms with E-state index < -0.39 is 54.3 Å². The van der Waals surface area contributed by atoms with Gasteiger partial charge in [0, 0.05) is 6.54 Å². The first-order chi connectivity index (χ1) is 17.0. The predicted octanol–water partition coefficient (Wildman–Crippen LogP) is -3.66. The van der Waals surface area contributed by atoms with Crippen LogP contribution in [0.2, 0.25) is 0 Å². The maximum atomic E-state index is 13.1. The van der Waals surface area contributed by atoms with Crippen LogP contribution in [0.4, 0.5) is 0 Å². The first-order valence-corrected chi connectivity index (χ1v) is 12.0. The van der Waals surface area contributed by atoms with Crippen molar-refractivity contribution in [2.24, 2.45) is 27.9 Å². The summed E-state index contributed by atoms with van der Waals surface area (Å²) in [5.74, 6) is -4.26. The highest BCUT2D eigenvalue weighted by Gasteiger charge is 2.32. The lowest BCUT2D eigenvalue weighted by atomic mass is 10.1. The molecule has 1 heterocycles. The van der Waals surface area contributed by atoms with E-state index >= 15 is 0 Å². The molecular weight excluding hydrogens is 474 g/mol. The zero-order chi connectivity index (χ0) is 27.1. The number of amides is 4. The van der Waals surface area contributed by atoms with Crippen LogP contribution in [-0.2, 0) is 24.0 Å². The van der Waals surface area contributed by atoms with Crippen LogP contribution in [0.3, 0.4) is 0 Å². The van der Waals surface area contributed by atoms with Crippen LogP contribution < -0.4 is 44.2 Å². The molecule has 0 saturated carbocycles. The van der Waals surface area contributed by atoms with E-state index in [0.717, 1.165) is 6.42 Å². The lowest BCUT2D eigenvalue weighted by Crippen LogP contribution is -2.57. The normalized spacial score (nSPS) is 17.3. The third-order valence-electron chi connectivity index (χ3n) is 5.55. The maximum Gasteiger partial charge on any atom is 0.326 e. The quantitative estimate of drug-likeness (QED) is 0.0522. The third-order valence-corrected chi connectivity index (χ3v) is 5.55. The Morgan fingerprint density at radius 2 is 1.56 bits per heavy atom. The van der Waals surface area contributed by atoms with Gasteiger partial charge in [0.2, 0.25) is 23.6 Å². The number of hydrogen-bond donors (Lipinski definition) is 9. The second kappa shape index (κ2) is 16.3. The zero-order valence-electron chi connectivity index (χ0n) is 20.3. The second-order valence-electron chi connectivity index (χ2n) is 8.57. The fraction of sp³-hybridized carbons (Fsp3) is 0.714. The van der Waals surface area contributed by atoms with E-state index in [1.165, 1.54) is 0 Å². The Balaban J connectivity index is 2.93. The number of carboxylic acids is 1. The number of primary amides is 1. The molecule has 0 bridgehead atoms. The van der Waals surface area contributed by atoms with Crippen molar-refractivity contribution in [3.63, 3.8) is 0 Å². The molecule has 1 fully saturated rings. The van der Waals surface area contributed by atoms with Crippen molar-refractivity contribution in [3.05, 3.63) is 0 Å². The lowest BCUT2D eigenvalue weighted by Gasteiger charge is -2.24. The number of rotatable bonds is 17. The molecule has 0 spiro atoms. The van der Waals surface area contributed by atoms with Crippen LogP contribution >= 0.6 is 0 Å². The smallest absolute Gasteiger partial charge is 0.326 e. The molecule has 1 aliphatic heterocycles. The third kappa shape index (κ3) is 11.8. The summed E-state index contributed by atoms with van der Waals surface area (Å²) in [6.45, 7) is 1.25. The van der Waals surface area contributed by atoms with Crippen molar-refractivity contribution >= 4 is 35.6 Å². The maximum absolute atomic E-state index is 13.1. The summed E-state index contributed by atoms with van der Waals surface area (Å²) < 4.78 is 0. The molecule has 13 N–H and O–H groups in total. The van der Waals surface area contributed by atoms with Gasteiger partial charge in [0.15, 0.2) is 5.96 Å². The van der Waals surface area contributed by atoms with Crippen LogP contribution in [0.25, 0.3) is 0 Å². The molecule has 0 aromatic rings. The van der Waals surface area contributed by atoms with Gasteiger partial charge in [-0.25, -0.2) is 4.79 Å². The molecule has 4 atom stereocenters. The number of unbranched alkanes of at least 4 members (excludes halogenated alkanes) is 1. The number of nitrogens with two attached hydrogens (primary N) is 4. The van der Waals surface area contributed by atoms with Gasteiger partial charge in [0.1, 0.15) is 18.1 Å². The van der Waals surface area contributed by atoms with Crippen molar-refractivity contribution in [1.29, 1.82) is 0 Å². The Bertz CT molecular complexity index is 797. The van der Waals surface area contributed by atoms with E-state index in [1.807, 2.05) is 0 Å². The van der Waals surface area contributed by atoms with Crippen molar-refractivity contribution in [3.8, 4) is 0 Å². The number of carboxylic acid groups (broad SMARTS) is 1. The van der Waals surface area contributed by atoms with Gasteiger partial charge >= 0.3 is 5.97 Å². The van der Waals surface area contributed by atoms with Crippen LogP contribution in [-0.4, -0.2) is 84.5 Å². The number of nitrogens with zero attached hydrogens (tertiary/aromatic N) is 1. The molecule has 0 radical (unpaired) electrons. The summed E-state index contributed by atoms with van der Waals surface area (Å²) in [7, 11) is 0. The highest BCUT2D eigenvalue weighted by atomic mass is 16.4. The average molecular weight is 514 g/mol. The number of aliphatic imine (C=N–C) groups is 1. The van der Waals surface area contributed by atoms with E-state index in [1.54, 1.807) is 0 Å². The summed E-state index contributed by atoms with van der Waals surface area (Å²) >= 11 is 0. The molecule has 1 rings (SSSR count). The summed E-state index contributed by atoms with van der Waals surface area (Å²) in [5, 5.41) is 19.9. The van der Waals surface area contributed by atoms with Crippen molar-refractivity contribution in [2.75, 3.05) is 19.6 Å². The monoisotopic (exact) mass is 513 g/mol. The number of aliphatic carboxylic acids is 1. The number of hydrogen-bond acceptors (Lipinski definition) is 8. The molecule has 4 amide bonds. The minimum absolute atomic E-state index is 0.118. The van der Waals surface area contributed by atoms with Crippen molar-refractivity contribution in [2.45, 2.75) is 75.5 Å². The van der Waals surface area contributed by atoms with Crippen molar-refractivity contribution < 1.29 is 29.1 Å². The number of guanidine groups is 1. The van der Waals surface area contributed by atoms with Crippen LogP contribution in [0.1, 0.15) is 51.4 Å². The highest BCUT2D eigenvalue weighted by molar-refractivity contribution is 5.96. The summed E-state index contributed by atoms with van der Waals surface area (Å²) in [4.78, 5) is 65.4. The first-order valence-electron chi connectivity index (χ1n) is 12.0. The Hall–Kier alpha value is -3.46. The SMILES string of the molecule is NCCCC[C@H](NC(=O)[C@H](CC(N)=O)NC(=O)[C@H](CCCN=C(N)N)NC(=O)[C@@H]1CCCN1)C(=O)O. The highest BCUT2D eigenvalue weighted by Crippen LogP contribution is 2.08. The molecule has 0 aromatic heterocycles. The van der Waals surface area contributed by atoms with Gasteiger partial charge < -0.3 is 49.3 Å². The number of nitrogens with one attached hydrogen (secondary N) is 4. The van der Waals surface area contributed by atoms with Gasteiger partial charge in [-0.1, -0.05) is 0 Å². The van der Waals surface area contributed by atoms with E-state index in [2.05, 4.69) is 26.3 Å². The molecule has 15 nitrogen and oxygen atoms in total. The Labute approximate surface area is 209 Å². The molecule has 0 unspecified atom stereocenters. The largest absolute Gasteiger partial charge is 0.480 e. The van der Waals surface area contributed by atoms with Gasteiger partial charge in [0.25, 0.3) is 0 Å². The summed E-state index contributed by atoms with van der Waals surface area (Å²) in [6, 6.07) is -4.18. The molecule has 15 heteroatoms. The molecule has 204 valence electrons. The van der Waals surface area contributed by atoms with Gasteiger partial charge in [0.05, 0.1) is 12.5 Å². The Morgan fingerprint density at radius 1 is 0.917 bits per heavy atom. The van der Waals surface area contributed by atoms with E-state index in [-0.39, 0.29) is 31.3 Å². The lowest BCUT2D eigenvalue weighted by molar-refractivity contribution is -0.142. The van der Waals surface area contributed by atoms with E-state index in [9.17, 15) is 29.1 Å². The summed E-state index contributed by atoms with van der Waals surface area (Å²) in [6.07, 6.45) is 2.49. The molecule has 36 heavy (non-hydrogen) atoms. The fourth-order valence-corrected chi connectivity index (χ4v) is 3.66.